The Labute approximate surface area is 122 Å². The Balaban J connectivity index is 2.28. The molecule has 0 unspecified atom stereocenters. The molecule has 0 atom stereocenters. The van der Waals surface area contributed by atoms with Crippen molar-refractivity contribution in [2.24, 2.45) is 0 Å². The third-order valence-electron chi connectivity index (χ3n) is 2.14. The normalized spacial score (nSPS) is 11.4. The second-order valence-electron chi connectivity index (χ2n) is 3.90. The van der Waals surface area contributed by atoms with Crippen LogP contribution in [0, 0.1) is 0 Å². The van der Waals surface area contributed by atoms with Crippen molar-refractivity contribution < 1.29 is 27.4 Å². The van der Waals surface area contributed by atoms with Crippen LogP contribution in [-0.4, -0.2) is 32.0 Å². The lowest BCUT2D eigenvalue weighted by Crippen LogP contribution is -2.18. The average molecular weight is 356 g/mol. The first kappa shape index (κ1) is 16.8. The van der Waals surface area contributed by atoms with Gasteiger partial charge in [0.1, 0.15) is 6.61 Å². The third kappa shape index (κ3) is 6.25. The van der Waals surface area contributed by atoms with Crippen molar-refractivity contribution in [2.75, 3.05) is 25.6 Å². The molecule has 0 aromatic heterocycles. The molecule has 1 aromatic carbocycles. The Morgan fingerprint density at radius 3 is 2.65 bits per heavy atom. The number of ether oxygens (including phenoxy) is 2. The van der Waals surface area contributed by atoms with Crippen LogP contribution in [-0.2, 0) is 9.47 Å². The number of hydrogen-bond acceptors (Lipinski definition) is 4. The summed E-state index contributed by atoms with van der Waals surface area (Å²) in [6, 6.07) is 4.68. The number of rotatable bonds is 6. The van der Waals surface area contributed by atoms with E-state index >= 15 is 0 Å². The maximum atomic E-state index is 11.8. The lowest BCUT2D eigenvalue weighted by Gasteiger charge is -2.09. The number of anilines is 1. The lowest BCUT2D eigenvalue weighted by atomic mass is 10.2. The van der Waals surface area contributed by atoms with Crippen molar-refractivity contribution in [3.8, 4) is 0 Å². The minimum atomic E-state index is -4.34. The fourth-order valence-corrected chi connectivity index (χ4v) is 1.70. The van der Waals surface area contributed by atoms with Crippen molar-refractivity contribution in [1.82, 2.24) is 0 Å². The predicted molar refractivity (Wildman–Crippen MR) is 70.3 cm³/mol. The summed E-state index contributed by atoms with van der Waals surface area (Å²) in [5.41, 5.74) is 6.22. The van der Waals surface area contributed by atoms with Gasteiger partial charge in [-0.2, -0.15) is 13.2 Å². The minimum absolute atomic E-state index is 0.0298. The molecule has 1 aromatic rings. The van der Waals surface area contributed by atoms with Crippen molar-refractivity contribution >= 4 is 27.6 Å². The zero-order chi connectivity index (χ0) is 15.2. The SMILES string of the molecule is Nc1ccc(Br)c(C(=O)OCCCOCC(F)(F)F)c1. The molecule has 0 spiro atoms. The van der Waals surface area contributed by atoms with E-state index in [2.05, 4.69) is 20.7 Å². The van der Waals surface area contributed by atoms with Crippen LogP contribution in [0.4, 0.5) is 18.9 Å². The minimum Gasteiger partial charge on any atom is -0.462 e. The van der Waals surface area contributed by atoms with Gasteiger partial charge in [0, 0.05) is 16.6 Å². The van der Waals surface area contributed by atoms with Gasteiger partial charge >= 0.3 is 12.1 Å². The second-order valence-corrected chi connectivity index (χ2v) is 4.75. The number of nitrogens with two attached hydrogens (primary N) is 1. The number of carbonyl (C=O) groups excluding carboxylic acids is 1. The zero-order valence-electron chi connectivity index (χ0n) is 10.4. The van der Waals surface area contributed by atoms with Crippen LogP contribution in [0.1, 0.15) is 16.8 Å². The van der Waals surface area contributed by atoms with Crippen LogP contribution < -0.4 is 5.73 Å². The molecule has 112 valence electrons. The van der Waals surface area contributed by atoms with Crippen LogP contribution in [0.25, 0.3) is 0 Å². The number of alkyl halides is 3. The number of carbonyl (C=O) groups is 1. The summed E-state index contributed by atoms with van der Waals surface area (Å²) in [5, 5.41) is 0. The highest BCUT2D eigenvalue weighted by Gasteiger charge is 2.27. The lowest BCUT2D eigenvalue weighted by molar-refractivity contribution is -0.174. The molecule has 20 heavy (non-hydrogen) atoms. The van der Waals surface area contributed by atoms with E-state index in [1.807, 2.05) is 0 Å². The fraction of sp³-hybridized carbons (Fsp3) is 0.417. The summed E-state index contributed by atoms with van der Waals surface area (Å²) >= 11 is 3.18. The first-order chi connectivity index (χ1) is 9.29. The molecule has 0 fully saturated rings. The number of benzene rings is 1. The fourth-order valence-electron chi connectivity index (χ4n) is 1.29. The third-order valence-corrected chi connectivity index (χ3v) is 2.83. The van der Waals surface area contributed by atoms with Crippen LogP contribution in [0.2, 0.25) is 0 Å². The van der Waals surface area contributed by atoms with Gasteiger partial charge in [-0.15, -0.1) is 0 Å². The zero-order valence-corrected chi connectivity index (χ0v) is 12.0. The summed E-state index contributed by atoms with van der Waals surface area (Å²) in [5.74, 6) is -0.597. The van der Waals surface area contributed by atoms with Crippen molar-refractivity contribution in [3.05, 3.63) is 28.2 Å². The molecule has 8 heteroatoms. The van der Waals surface area contributed by atoms with E-state index in [9.17, 15) is 18.0 Å². The molecule has 0 radical (unpaired) electrons. The smallest absolute Gasteiger partial charge is 0.411 e. The van der Waals surface area contributed by atoms with Crippen LogP contribution in [0.3, 0.4) is 0 Å². The van der Waals surface area contributed by atoms with Crippen molar-refractivity contribution in [3.63, 3.8) is 0 Å². The predicted octanol–water partition coefficient (Wildman–Crippen LogP) is 3.16. The van der Waals surface area contributed by atoms with E-state index in [0.29, 0.717) is 10.2 Å². The van der Waals surface area contributed by atoms with E-state index in [-0.39, 0.29) is 25.2 Å². The number of esters is 1. The Morgan fingerprint density at radius 2 is 2.00 bits per heavy atom. The summed E-state index contributed by atoms with van der Waals surface area (Å²) in [6.07, 6.45) is -4.16. The van der Waals surface area contributed by atoms with E-state index in [1.165, 1.54) is 6.07 Å². The first-order valence-electron chi connectivity index (χ1n) is 5.66. The maximum absolute atomic E-state index is 11.8. The monoisotopic (exact) mass is 355 g/mol. The van der Waals surface area contributed by atoms with Gasteiger partial charge in [-0.3, -0.25) is 0 Å². The average Bonchev–Trinajstić information content (AvgIpc) is 2.35. The van der Waals surface area contributed by atoms with E-state index < -0.39 is 18.8 Å². The Bertz CT molecular complexity index is 466. The highest BCUT2D eigenvalue weighted by Crippen LogP contribution is 2.20. The molecule has 0 saturated heterocycles. The molecule has 0 aliphatic carbocycles. The van der Waals surface area contributed by atoms with Crippen molar-refractivity contribution in [1.29, 1.82) is 0 Å². The Morgan fingerprint density at radius 1 is 1.30 bits per heavy atom. The summed E-state index contributed by atoms with van der Waals surface area (Å²) in [6.45, 7) is -1.47. The highest BCUT2D eigenvalue weighted by atomic mass is 79.9. The van der Waals surface area contributed by atoms with Gasteiger partial charge in [0.2, 0.25) is 0 Å². The van der Waals surface area contributed by atoms with Crippen LogP contribution in [0.15, 0.2) is 22.7 Å². The molecular weight excluding hydrogens is 343 g/mol. The topological polar surface area (TPSA) is 61.6 Å². The Hall–Kier alpha value is -1.28. The van der Waals surface area contributed by atoms with Gasteiger partial charge in [-0.1, -0.05) is 0 Å². The molecule has 0 heterocycles. The van der Waals surface area contributed by atoms with Gasteiger partial charge in [0.25, 0.3) is 0 Å². The number of halogens is 4. The molecule has 1 rings (SSSR count). The van der Waals surface area contributed by atoms with Crippen molar-refractivity contribution in [2.45, 2.75) is 12.6 Å². The van der Waals surface area contributed by atoms with Crippen LogP contribution in [0.5, 0.6) is 0 Å². The molecule has 0 aliphatic rings. The van der Waals surface area contributed by atoms with E-state index in [0.717, 1.165) is 0 Å². The molecule has 0 saturated carbocycles. The number of nitrogen functional groups attached to an aromatic ring is 1. The standard InChI is InChI=1S/C12H13BrF3NO3/c13-10-3-2-8(17)6-9(10)11(18)20-5-1-4-19-7-12(14,15)16/h2-3,6H,1,4-5,7,17H2. The molecule has 2 N–H and O–H groups in total. The largest absolute Gasteiger partial charge is 0.462 e. The van der Waals surface area contributed by atoms with E-state index in [4.69, 9.17) is 10.5 Å². The van der Waals surface area contributed by atoms with Gasteiger partial charge in [0.15, 0.2) is 0 Å². The second kappa shape index (κ2) is 7.49. The van der Waals surface area contributed by atoms with Gasteiger partial charge < -0.3 is 15.2 Å². The van der Waals surface area contributed by atoms with Gasteiger partial charge in [-0.05, 0) is 34.1 Å². The quantitative estimate of drug-likeness (QED) is 0.483. The first-order valence-corrected chi connectivity index (χ1v) is 6.45. The molecule has 0 aliphatic heterocycles. The molecular formula is C12H13BrF3NO3. The summed E-state index contributed by atoms with van der Waals surface area (Å²) in [4.78, 5) is 11.7. The molecule has 0 bridgehead atoms. The summed E-state index contributed by atoms with van der Waals surface area (Å²) in [7, 11) is 0. The Kier molecular flexibility index (Phi) is 6.28. The molecule has 0 amide bonds. The van der Waals surface area contributed by atoms with Gasteiger partial charge in [-0.25, -0.2) is 4.79 Å². The number of hydrogen-bond donors (Lipinski definition) is 1. The maximum Gasteiger partial charge on any atom is 0.411 e. The molecule has 4 nitrogen and oxygen atoms in total. The van der Waals surface area contributed by atoms with E-state index in [1.54, 1.807) is 12.1 Å². The summed E-state index contributed by atoms with van der Waals surface area (Å²) < 4.78 is 45.1. The van der Waals surface area contributed by atoms with Crippen LogP contribution >= 0.6 is 15.9 Å². The van der Waals surface area contributed by atoms with Gasteiger partial charge in [0.05, 0.1) is 18.8 Å². The highest BCUT2D eigenvalue weighted by molar-refractivity contribution is 9.10.